The van der Waals surface area contributed by atoms with Gasteiger partial charge in [-0.1, -0.05) is 42.8 Å². The Bertz CT molecular complexity index is 561. The monoisotopic (exact) mass is 347 g/mol. The Balaban J connectivity index is 3.28. The molecule has 0 radical (unpaired) electrons. The summed E-state index contributed by atoms with van der Waals surface area (Å²) in [6.07, 6.45) is 0. The van der Waals surface area contributed by atoms with Crippen LogP contribution in [0, 0.1) is 12.3 Å². The van der Waals surface area contributed by atoms with Crippen molar-refractivity contribution in [3.05, 3.63) is 28.2 Å². The molecule has 108 valence electrons. The Morgan fingerprint density at radius 1 is 1.26 bits per heavy atom. The Morgan fingerprint density at radius 3 is 2.26 bits per heavy atom. The van der Waals surface area contributed by atoms with Gasteiger partial charge in [0.25, 0.3) is 0 Å². The zero-order chi connectivity index (χ0) is 15.0. The van der Waals surface area contributed by atoms with Crippen LogP contribution >= 0.6 is 15.9 Å². The third kappa shape index (κ3) is 3.58. The smallest absolute Gasteiger partial charge is 0.207 e. The van der Waals surface area contributed by atoms with Gasteiger partial charge in [-0.05, 0) is 37.0 Å². The molecule has 0 spiro atoms. The highest BCUT2D eigenvalue weighted by atomic mass is 79.9. The fourth-order valence-corrected chi connectivity index (χ4v) is 4.07. The van der Waals surface area contributed by atoms with Gasteiger partial charge < -0.3 is 0 Å². The van der Waals surface area contributed by atoms with Gasteiger partial charge in [0.05, 0.1) is 4.90 Å². The molecule has 0 bridgehead atoms. The summed E-state index contributed by atoms with van der Waals surface area (Å²) in [5.74, 6) is 0. The molecule has 0 heterocycles. The van der Waals surface area contributed by atoms with E-state index in [0.717, 1.165) is 10.0 Å². The van der Waals surface area contributed by atoms with E-state index in [4.69, 9.17) is 0 Å². The van der Waals surface area contributed by atoms with E-state index < -0.39 is 10.0 Å². The average molecular weight is 348 g/mol. The lowest BCUT2D eigenvalue weighted by molar-refractivity contribution is 0.216. The molecule has 1 atom stereocenters. The molecule has 0 aromatic heterocycles. The van der Waals surface area contributed by atoms with Crippen molar-refractivity contribution in [3.8, 4) is 0 Å². The molecule has 0 saturated carbocycles. The lowest BCUT2D eigenvalue weighted by Gasteiger charge is -2.34. The van der Waals surface area contributed by atoms with Crippen LogP contribution in [0.15, 0.2) is 27.6 Å². The molecule has 3 nitrogen and oxygen atoms in total. The average Bonchev–Trinajstić information content (AvgIpc) is 2.28. The van der Waals surface area contributed by atoms with Gasteiger partial charge in [-0.2, -0.15) is 4.31 Å². The van der Waals surface area contributed by atoms with Crippen LogP contribution in [0.4, 0.5) is 0 Å². The maximum absolute atomic E-state index is 12.7. The first-order chi connectivity index (χ1) is 8.48. The number of hydrogen-bond acceptors (Lipinski definition) is 2. The number of halogens is 1. The summed E-state index contributed by atoms with van der Waals surface area (Å²) in [7, 11) is -1.83. The summed E-state index contributed by atoms with van der Waals surface area (Å²) in [4.78, 5) is 0.362. The second-order valence-electron chi connectivity index (χ2n) is 5.97. The SMILES string of the molecule is Cc1ccc(Br)cc1S(=O)(=O)N(C)C(C)C(C)(C)C. The lowest BCUT2D eigenvalue weighted by atomic mass is 9.88. The van der Waals surface area contributed by atoms with Crippen LogP contribution < -0.4 is 0 Å². The maximum atomic E-state index is 12.7. The second kappa shape index (κ2) is 5.54. The van der Waals surface area contributed by atoms with Gasteiger partial charge in [0, 0.05) is 17.6 Å². The van der Waals surface area contributed by atoms with Gasteiger partial charge >= 0.3 is 0 Å². The molecule has 0 aliphatic carbocycles. The Labute approximate surface area is 125 Å². The Hall–Kier alpha value is -0.390. The summed E-state index contributed by atoms with van der Waals surface area (Å²) in [6.45, 7) is 9.87. The van der Waals surface area contributed by atoms with Crippen molar-refractivity contribution in [3.63, 3.8) is 0 Å². The fraction of sp³-hybridized carbons (Fsp3) is 0.571. The molecule has 1 aromatic carbocycles. The van der Waals surface area contributed by atoms with E-state index in [9.17, 15) is 8.42 Å². The van der Waals surface area contributed by atoms with E-state index in [1.165, 1.54) is 4.31 Å². The van der Waals surface area contributed by atoms with Crippen molar-refractivity contribution in [1.82, 2.24) is 4.31 Å². The minimum atomic E-state index is -3.47. The number of nitrogens with zero attached hydrogens (tertiary/aromatic N) is 1. The topological polar surface area (TPSA) is 37.4 Å². The quantitative estimate of drug-likeness (QED) is 0.833. The summed E-state index contributed by atoms with van der Waals surface area (Å²) < 4.78 is 27.6. The van der Waals surface area contributed by atoms with Crippen LogP contribution in [-0.2, 0) is 10.0 Å². The van der Waals surface area contributed by atoms with Gasteiger partial charge in [-0.15, -0.1) is 0 Å². The summed E-state index contributed by atoms with van der Waals surface area (Å²) >= 11 is 3.33. The third-order valence-corrected chi connectivity index (χ3v) is 6.17. The number of aryl methyl sites for hydroxylation is 1. The standard InChI is InChI=1S/C14H22BrNO2S/c1-10-7-8-12(15)9-13(10)19(17,18)16(6)11(2)14(3,4)5/h7-9,11H,1-6H3. The molecule has 0 aliphatic rings. The highest BCUT2D eigenvalue weighted by molar-refractivity contribution is 9.10. The molecule has 1 unspecified atom stereocenters. The van der Waals surface area contributed by atoms with Gasteiger partial charge in [0.15, 0.2) is 0 Å². The van der Waals surface area contributed by atoms with Crippen LogP contribution in [0.2, 0.25) is 0 Å². The minimum absolute atomic E-state index is 0.0871. The van der Waals surface area contributed by atoms with Crippen molar-refractivity contribution in [2.75, 3.05) is 7.05 Å². The van der Waals surface area contributed by atoms with Crippen molar-refractivity contribution in [2.45, 2.75) is 45.6 Å². The van der Waals surface area contributed by atoms with Crippen LogP contribution in [0.25, 0.3) is 0 Å². The van der Waals surface area contributed by atoms with E-state index in [2.05, 4.69) is 15.9 Å². The van der Waals surface area contributed by atoms with E-state index in [1.54, 1.807) is 13.1 Å². The third-order valence-electron chi connectivity index (χ3n) is 3.61. The molecular weight excluding hydrogens is 326 g/mol. The van der Waals surface area contributed by atoms with Crippen molar-refractivity contribution < 1.29 is 8.42 Å². The predicted octanol–water partition coefficient (Wildman–Crippen LogP) is 3.81. The first-order valence-corrected chi connectivity index (χ1v) is 8.45. The summed E-state index contributed by atoms with van der Waals surface area (Å²) in [5, 5.41) is 0. The Kier molecular flexibility index (Phi) is 4.86. The predicted molar refractivity (Wildman–Crippen MR) is 82.7 cm³/mol. The molecule has 0 saturated heterocycles. The molecule has 1 aromatic rings. The summed E-state index contributed by atoms with van der Waals surface area (Å²) in [6, 6.07) is 5.24. The number of sulfonamides is 1. The number of rotatable bonds is 3. The Morgan fingerprint density at radius 2 is 1.79 bits per heavy atom. The molecule has 19 heavy (non-hydrogen) atoms. The molecule has 5 heteroatoms. The van der Waals surface area contributed by atoms with Crippen LogP contribution in [-0.4, -0.2) is 25.8 Å². The minimum Gasteiger partial charge on any atom is -0.207 e. The summed E-state index contributed by atoms with van der Waals surface area (Å²) in [5.41, 5.74) is 0.651. The van der Waals surface area contributed by atoms with Gasteiger partial charge in [-0.3, -0.25) is 0 Å². The van der Waals surface area contributed by atoms with E-state index in [-0.39, 0.29) is 11.5 Å². The lowest BCUT2D eigenvalue weighted by Crippen LogP contribution is -2.43. The first-order valence-electron chi connectivity index (χ1n) is 6.22. The van der Waals surface area contributed by atoms with Gasteiger partial charge in [-0.25, -0.2) is 8.42 Å². The van der Waals surface area contributed by atoms with Crippen LogP contribution in [0.1, 0.15) is 33.3 Å². The molecular formula is C14H22BrNO2S. The van der Waals surface area contributed by atoms with Gasteiger partial charge in [0.1, 0.15) is 0 Å². The fourth-order valence-electron chi connectivity index (χ4n) is 1.76. The molecule has 0 amide bonds. The molecule has 0 fully saturated rings. The zero-order valence-corrected chi connectivity index (χ0v) is 14.8. The highest BCUT2D eigenvalue weighted by Gasteiger charge is 2.33. The van der Waals surface area contributed by atoms with Crippen LogP contribution in [0.5, 0.6) is 0 Å². The van der Waals surface area contributed by atoms with Crippen molar-refractivity contribution in [1.29, 1.82) is 0 Å². The van der Waals surface area contributed by atoms with Crippen molar-refractivity contribution >= 4 is 26.0 Å². The molecule has 1 rings (SSSR count). The first kappa shape index (κ1) is 16.7. The van der Waals surface area contributed by atoms with Crippen LogP contribution in [0.3, 0.4) is 0 Å². The van der Waals surface area contributed by atoms with Crippen molar-refractivity contribution in [2.24, 2.45) is 5.41 Å². The highest BCUT2D eigenvalue weighted by Crippen LogP contribution is 2.29. The largest absolute Gasteiger partial charge is 0.243 e. The van der Waals surface area contributed by atoms with E-state index in [1.807, 2.05) is 46.8 Å². The molecule has 0 N–H and O–H groups in total. The normalized spacial score (nSPS) is 14.7. The number of hydrogen-bond donors (Lipinski definition) is 0. The second-order valence-corrected chi connectivity index (χ2v) is 8.85. The molecule has 0 aliphatic heterocycles. The van der Waals surface area contributed by atoms with Gasteiger partial charge in [0.2, 0.25) is 10.0 Å². The number of benzene rings is 1. The van der Waals surface area contributed by atoms with E-state index >= 15 is 0 Å². The zero-order valence-electron chi connectivity index (χ0n) is 12.4. The maximum Gasteiger partial charge on any atom is 0.243 e. The van der Waals surface area contributed by atoms with E-state index in [0.29, 0.717) is 4.90 Å².